The fourth-order valence-corrected chi connectivity index (χ4v) is 8.22. The van der Waals surface area contributed by atoms with Crippen LogP contribution < -0.4 is 21.5 Å². The van der Waals surface area contributed by atoms with Crippen LogP contribution in [0.5, 0.6) is 0 Å². The number of hydrazine groups is 1. The number of hydrogen-bond donors (Lipinski definition) is 4. The van der Waals surface area contributed by atoms with Crippen molar-refractivity contribution in [3.05, 3.63) is 0 Å². The molecule has 0 radical (unpaired) electrons. The number of nitrogens with zero attached hydrogens (tertiary/aromatic N) is 1. The number of methoxy groups -OCH3 is 1. The molecule has 0 aromatic heterocycles. The van der Waals surface area contributed by atoms with E-state index in [4.69, 9.17) is 4.74 Å². The van der Waals surface area contributed by atoms with Crippen molar-refractivity contribution < 1.29 is 4.74 Å². The monoisotopic (exact) mass is 443 g/mol. The fraction of sp³-hybridized carbons (Fsp3) is 0.962. The number of hydrogen-bond acceptors (Lipinski definition) is 6. The Kier molecular flexibility index (Phi) is 6.85. The Morgan fingerprint density at radius 1 is 0.844 bits per heavy atom. The summed E-state index contributed by atoms with van der Waals surface area (Å²) in [6, 6.07) is 4.42. The van der Waals surface area contributed by atoms with Crippen molar-refractivity contribution in [3.8, 4) is 6.07 Å². The molecule has 0 bridgehead atoms. The van der Waals surface area contributed by atoms with E-state index in [1.807, 2.05) is 7.11 Å². The number of nitrogens with one attached hydrogen (secondary N) is 4. The molecule has 4 N–H and O–H groups in total. The van der Waals surface area contributed by atoms with Gasteiger partial charge in [-0.15, -0.1) is 0 Å². The molecule has 3 heterocycles. The van der Waals surface area contributed by atoms with E-state index in [1.54, 1.807) is 0 Å². The van der Waals surface area contributed by atoms with Gasteiger partial charge in [-0.2, -0.15) is 5.26 Å². The molecule has 2 aliphatic carbocycles. The standard InChI is InChI=1S/C26H45N5O/c1-26(2,15-27)19-7-4-16(5-8-19)25-24-21-11-17(18-10-20(32-3)13-28-12-18)6-9-22(21)29-14-23(24)30-31-25/h16-25,28-31H,4-14H2,1-3H3. The van der Waals surface area contributed by atoms with Gasteiger partial charge < -0.3 is 15.4 Å². The summed E-state index contributed by atoms with van der Waals surface area (Å²) < 4.78 is 5.71. The molecule has 2 saturated carbocycles. The highest BCUT2D eigenvalue weighted by atomic mass is 16.5. The van der Waals surface area contributed by atoms with Gasteiger partial charge in [-0.05, 0) is 107 Å². The molecule has 5 fully saturated rings. The number of rotatable bonds is 4. The van der Waals surface area contributed by atoms with Gasteiger partial charge in [0.25, 0.3) is 0 Å². The van der Waals surface area contributed by atoms with Gasteiger partial charge in [0.2, 0.25) is 0 Å². The van der Waals surface area contributed by atoms with Crippen molar-refractivity contribution in [2.45, 2.75) is 89.4 Å². The zero-order valence-corrected chi connectivity index (χ0v) is 20.4. The summed E-state index contributed by atoms with van der Waals surface area (Å²) in [4.78, 5) is 0. The van der Waals surface area contributed by atoms with Crippen LogP contribution in [0.4, 0.5) is 0 Å². The lowest BCUT2D eigenvalue weighted by Crippen LogP contribution is -2.59. The van der Waals surface area contributed by atoms with Gasteiger partial charge in [0.15, 0.2) is 0 Å². The van der Waals surface area contributed by atoms with E-state index in [1.165, 1.54) is 57.9 Å². The van der Waals surface area contributed by atoms with E-state index in [-0.39, 0.29) is 5.41 Å². The molecule has 0 aromatic rings. The van der Waals surface area contributed by atoms with Crippen LogP contribution in [0.3, 0.4) is 0 Å². The van der Waals surface area contributed by atoms with Crippen LogP contribution in [0.15, 0.2) is 0 Å². The molecule has 32 heavy (non-hydrogen) atoms. The van der Waals surface area contributed by atoms with Crippen LogP contribution in [0.25, 0.3) is 0 Å². The zero-order chi connectivity index (χ0) is 22.3. The molecular formula is C26H45N5O. The Hall–Kier alpha value is -0.710. The van der Waals surface area contributed by atoms with Crippen LogP contribution >= 0.6 is 0 Å². The van der Waals surface area contributed by atoms with Gasteiger partial charge in [0.1, 0.15) is 0 Å². The maximum atomic E-state index is 9.58. The van der Waals surface area contributed by atoms with E-state index < -0.39 is 0 Å². The van der Waals surface area contributed by atoms with Crippen LogP contribution in [0.1, 0.15) is 65.2 Å². The van der Waals surface area contributed by atoms with Gasteiger partial charge in [0, 0.05) is 38.3 Å². The minimum absolute atomic E-state index is 0.181. The average molecular weight is 444 g/mol. The quantitative estimate of drug-likeness (QED) is 0.535. The molecule has 8 atom stereocenters. The Bertz CT molecular complexity index is 684. The van der Waals surface area contributed by atoms with Crippen molar-refractivity contribution in [2.75, 3.05) is 26.7 Å². The normalized spacial score (nSPS) is 47.3. The highest BCUT2D eigenvalue weighted by Gasteiger charge is 2.52. The Morgan fingerprint density at radius 3 is 2.38 bits per heavy atom. The van der Waals surface area contributed by atoms with Gasteiger partial charge in [-0.25, -0.2) is 0 Å². The molecule has 180 valence electrons. The number of nitriles is 1. The second-order valence-corrected chi connectivity index (χ2v) is 12.2. The highest BCUT2D eigenvalue weighted by Crippen LogP contribution is 2.48. The molecule has 0 aromatic carbocycles. The predicted molar refractivity (Wildman–Crippen MR) is 127 cm³/mol. The summed E-state index contributed by atoms with van der Waals surface area (Å²) in [6.45, 7) is 7.56. The van der Waals surface area contributed by atoms with Gasteiger partial charge in [-0.1, -0.05) is 0 Å². The second-order valence-electron chi connectivity index (χ2n) is 12.2. The van der Waals surface area contributed by atoms with Crippen molar-refractivity contribution in [1.29, 1.82) is 5.26 Å². The lowest BCUT2D eigenvalue weighted by atomic mass is 9.60. The van der Waals surface area contributed by atoms with E-state index in [0.717, 1.165) is 42.7 Å². The molecule has 0 spiro atoms. The van der Waals surface area contributed by atoms with E-state index in [0.29, 0.717) is 30.1 Å². The zero-order valence-electron chi connectivity index (χ0n) is 20.4. The Balaban J connectivity index is 1.25. The van der Waals surface area contributed by atoms with Gasteiger partial charge in [0.05, 0.1) is 17.6 Å². The Labute approximate surface area is 195 Å². The molecule has 3 saturated heterocycles. The minimum Gasteiger partial charge on any atom is -0.380 e. The van der Waals surface area contributed by atoms with Gasteiger partial charge in [-0.3, -0.25) is 10.9 Å². The smallest absolute Gasteiger partial charge is 0.0698 e. The van der Waals surface area contributed by atoms with Crippen LogP contribution in [-0.2, 0) is 4.74 Å². The third kappa shape index (κ3) is 4.36. The average Bonchev–Trinajstić information content (AvgIpc) is 3.28. The molecule has 0 amide bonds. The van der Waals surface area contributed by atoms with Crippen molar-refractivity contribution in [1.82, 2.24) is 21.5 Å². The summed E-state index contributed by atoms with van der Waals surface area (Å²) in [6.07, 6.45) is 10.7. The second kappa shape index (κ2) is 9.50. The minimum atomic E-state index is -0.181. The summed E-state index contributed by atoms with van der Waals surface area (Å²) >= 11 is 0. The first-order valence-corrected chi connectivity index (χ1v) is 13.4. The molecular weight excluding hydrogens is 398 g/mol. The van der Waals surface area contributed by atoms with Crippen LogP contribution in [-0.4, -0.2) is 51.0 Å². The first kappa shape index (κ1) is 23.1. The molecule has 6 heteroatoms. The predicted octanol–water partition coefficient (Wildman–Crippen LogP) is 2.82. The molecule has 3 aliphatic heterocycles. The molecule has 5 aliphatic rings. The SMILES string of the molecule is COC1CNCC(C2CCC3NCC4NNC(C5CCC(C(C)(C)C#N)CC5)C4C3C2)C1. The molecule has 8 unspecified atom stereocenters. The van der Waals surface area contributed by atoms with Crippen molar-refractivity contribution in [3.63, 3.8) is 0 Å². The third-order valence-corrected chi connectivity index (χ3v) is 10.3. The third-order valence-electron chi connectivity index (χ3n) is 10.3. The maximum Gasteiger partial charge on any atom is 0.0698 e. The Morgan fingerprint density at radius 2 is 1.62 bits per heavy atom. The first-order valence-electron chi connectivity index (χ1n) is 13.4. The maximum absolute atomic E-state index is 9.58. The molecule has 5 rings (SSSR count). The number of fused-ring (bicyclic) bond motifs is 3. The van der Waals surface area contributed by atoms with Crippen LogP contribution in [0.2, 0.25) is 0 Å². The van der Waals surface area contributed by atoms with Crippen LogP contribution in [0, 0.1) is 52.3 Å². The van der Waals surface area contributed by atoms with Crippen molar-refractivity contribution >= 4 is 0 Å². The fourth-order valence-electron chi connectivity index (χ4n) is 8.22. The highest BCUT2D eigenvalue weighted by molar-refractivity contribution is 5.08. The molecule has 6 nitrogen and oxygen atoms in total. The number of ether oxygens (including phenoxy) is 1. The summed E-state index contributed by atoms with van der Waals surface area (Å²) in [7, 11) is 1.87. The first-order chi connectivity index (χ1) is 15.5. The lowest BCUT2D eigenvalue weighted by molar-refractivity contribution is 0.0148. The topological polar surface area (TPSA) is 81.1 Å². The summed E-state index contributed by atoms with van der Waals surface area (Å²) in [5, 5.41) is 17.1. The lowest BCUT2D eigenvalue weighted by Gasteiger charge is -2.50. The van der Waals surface area contributed by atoms with E-state index in [2.05, 4.69) is 41.4 Å². The van der Waals surface area contributed by atoms with Crippen molar-refractivity contribution in [2.24, 2.45) is 40.9 Å². The van der Waals surface area contributed by atoms with E-state index in [9.17, 15) is 5.26 Å². The van der Waals surface area contributed by atoms with E-state index >= 15 is 0 Å². The number of piperidine rings is 2. The van der Waals surface area contributed by atoms with Gasteiger partial charge >= 0.3 is 0 Å². The summed E-state index contributed by atoms with van der Waals surface area (Å²) in [5.74, 6) is 4.41. The summed E-state index contributed by atoms with van der Waals surface area (Å²) in [5.41, 5.74) is 7.32. The largest absolute Gasteiger partial charge is 0.380 e.